The predicted molar refractivity (Wildman–Crippen MR) is 129 cm³/mol. The van der Waals surface area contributed by atoms with Crippen LogP contribution in [0.4, 0.5) is 0 Å². The quantitative estimate of drug-likeness (QED) is 0.548. The molecule has 34 heavy (non-hydrogen) atoms. The van der Waals surface area contributed by atoms with E-state index in [4.69, 9.17) is 9.25 Å². The number of fused-ring (bicyclic) bond motifs is 5. The van der Waals surface area contributed by atoms with Gasteiger partial charge in [0.2, 0.25) is 5.91 Å². The maximum absolute atomic E-state index is 12.3. The number of allylic oxidation sites excluding steroid dienone is 3. The first-order chi connectivity index (χ1) is 16.3. The second-order valence-electron chi connectivity index (χ2n) is 11.4. The van der Waals surface area contributed by atoms with Gasteiger partial charge in [-0.1, -0.05) is 25.5 Å². The number of Topliss-reactive ketones (excluding diaryl/α,β-unsaturated/α-hetero) is 1. The minimum atomic E-state index is -0.191. The van der Waals surface area contributed by atoms with E-state index < -0.39 is 0 Å². The Balaban J connectivity index is 1.17. The number of amides is 1. The van der Waals surface area contributed by atoms with Crippen LogP contribution in [0.25, 0.3) is 0 Å². The molecule has 2 N–H and O–H groups in total. The Labute approximate surface area is 202 Å². The molecule has 0 radical (unpaired) electrons. The Bertz CT molecular complexity index is 996. The van der Waals surface area contributed by atoms with Crippen LogP contribution < -0.4 is 10.8 Å². The third-order valence-electron chi connectivity index (χ3n) is 9.74. The van der Waals surface area contributed by atoms with Crippen LogP contribution in [0.2, 0.25) is 0 Å². The van der Waals surface area contributed by atoms with Crippen LogP contribution in [-0.4, -0.2) is 18.3 Å². The largest absolute Gasteiger partial charge is 0.467 e. The van der Waals surface area contributed by atoms with Crippen molar-refractivity contribution in [3.05, 3.63) is 47.6 Å². The Kier molecular flexibility index (Phi) is 6.21. The highest BCUT2D eigenvalue weighted by molar-refractivity contribution is 5.79. The molecular formula is C28H38N2O4. The number of nitrogens with one attached hydrogen (secondary N) is 2. The molecule has 1 aromatic heterocycles. The van der Waals surface area contributed by atoms with E-state index >= 15 is 0 Å². The first-order valence-electron chi connectivity index (χ1n) is 12.9. The van der Waals surface area contributed by atoms with Crippen LogP contribution in [0.3, 0.4) is 0 Å². The van der Waals surface area contributed by atoms with Crippen molar-refractivity contribution in [2.75, 3.05) is 6.61 Å². The summed E-state index contributed by atoms with van der Waals surface area (Å²) in [6, 6.07) is 3.62. The average Bonchev–Trinajstić information content (AvgIpc) is 3.45. The van der Waals surface area contributed by atoms with E-state index in [1.54, 1.807) is 19.3 Å². The summed E-state index contributed by atoms with van der Waals surface area (Å²) in [4.78, 5) is 29.9. The number of carbonyl (C=O) groups excluding carboxylic acids is 2. The van der Waals surface area contributed by atoms with Gasteiger partial charge in [-0.3, -0.25) is 19.9 Å². The Morgan fingerprint density at radius 1 is 1.18 bits per heavy atom. The van der Waals surface area contributed by atoms with Gasteiger partial charge in [0.05, 0.1) is 18.5 Å². The lowest BCUT2D eigenvalue weighted by molar-refractivity contribution is -0.128. The van der Waals surface area contributed by atoms with Gasteiger partial charge in [-0.25, -0.2) is 0 Å². The maximum atomic E-state index is 12.3. The zero-order valence-corrected chi connectivity index (χ0v) is 20.7. The Morgan fingerprint density at radius 3 is 2.79 bits per heavy atom. The Morgan fingerprint density at radius 2 is 2.03 bits per heavy atom. The zero-order valence-electron chi connectivity index (χ0n) is 20.7. The van der Waals surface area contributed by atoms with Crippen LogP contribution in [-0.2, 0) is 21.0 Å². The molecule has 6 atom stereocenters. The summed E-state index contributed by atoms with van der Waals surface area (Å²) in [7, 11) is 0. The predicted octanol–water partition coefficient (Wildman–Crippen LogP) is 5.08. The van der Waals surface area contributed by atoms with Crippen molar-refractivity contribution >= 4 is 11.7 Å². The van der Waals surface area contributed by atoms with Crippen molar-refractivity contribution in [2.24, 2.45) is 34.5 Å². The molecule has 4 aliphatic rings. The third-order valence-corrected chi connectivity index (χ3v) is 9.74. The molecule has 0 aliphatic heterocycles. The molecule has 3 saturated carbocycles. The third kappa shape index (κ3) is 4.04. The minimum absolute atomic E-state index is 0.0548. The van der Waals surface area contributed by atoms with Gasteiger partial charge in [-0.2, -0.15) is 0 Å². The number of hydrogen-bond donors (Lipinski definition) is 2. The SMILES string of the molecule is CC(=O)[C@H]1CC[C@@H]2[C@@H]3CCC4=CC(NOCC(=O)NCc5ccco5)=CC[C@]4(C)[C@@H]3CC[C@]12C. The van der Waals surface area contributed by atoms with E-state index in [-0.39, 0.29) is 29.3 Å². The lowest BCUT2D eigenvalue weighted by Crippen LogP contribution is -2.50. The highest BCUT2D eigenvalue weighted by Crippen LogP contribution is 2.66. The molecule has 1 heterocycles. The lowest BCUT2D eigenvalue weighted by Gasteiger charge is -2.57. The second kappa shape index (κ2) is 9.03. The van der Waals surface area contributed by atoms with Crippen LogP contribution in [0.1, 0.15) is 71.5 Å². The molecule has 0 saturated heterocycles. The normalized spacial score (nSPS) is 36.4. The van der Waals surface area contributed by atoms with Gasteiger partial charge in [0.1, 0.15) is 11.5 Å². The van der Waals surface area contributed by atoms with Gasteiger partial charge >= 0.3 is 0 Å². The number of hydrogen-bond acceptors (Lipinski definition) is 5. The molecule has 1 amide bonds. The van der Waals surface area contributed by atoms with Crippen LogP contribution in [0.15, 0.2) is 46.2 Å². The smallest absolute Gasteiger partial charge is 0.249 e. The fourth-order valence-electron chi connectivity index (χ4n) is 7.99. The van der Waals surface area contributed by atoms with Gasteiger partial charge in [0.25, 0.3) is 0 Å². The highest BCUT2D eigenvalue weighted by Gasteiger charge is 2.59. The van der Waals surface area contributed by atoms with E-state index in [1.165, 1.54) is 31.3 Å². The van der Waals surface area contributed by atoms with Crippen molar-refractivity contribution in [1.82, 2.24) is 10.8 Å². The molecule has 184 valence electrons. The first-order valence-corrected chi connectivity index (χ1v) is 12.9. The van der Waals surface area contributed by atoms with E-state index in [0.717, 1.165) is 30.9 Å². The summed E-state index contributed by atoms with van der Waals surface area (Å²) in [5, 5.41) is 2.78. The number of rotatable bonds is 7. The fourth-order valence-corrected chi connectivity index (χ4v) is 7.99. The average molecular weight is 467 g/mol. The van der Waals surface area contributed by atoms with E-state index in [2.05, 4.69) is 36.8 Å². The van der Waals surface area contributed by atoms with Crippen molar-refractivity contribution in [3.8, 4) is 0 Å². The summed E-state index contributed by atoms with van der Waals surface area (Å²) in [5.41, 5.74) is 5.83. The second-order valence-corrected chi connectivity index (χ2v) is 11.4. The molecular weight excluding hydrogens is 428 g/mol. The molecule has 0 unspecified atom stereocenters. The summed E-state index contributed by atoms with van der Waals surface area (Å²) in [6.45, 7) is 6.97. The van der Waals surface area contributed by atoms with Crippen LogP contribution >= 0.6 is 0 Å². The molecule has 1 aromatic rings. The van der Waals surface area contributed by atoms with Gasteiger partial charge in [0, 0.05) is 5.92 Å². The lowest BCUT2D eigenvalue weighted by atomic mass is 9.47. The molecule has 0 spiro atoms. The monoisotopic (exact) mass is 466 g/mol. The van der Waals surface area contributed by atoms with Crippen molar-refractivity contribution in [2.45, 2.75) is 72.3 Å². The number of furan rings is 1. The molecule has 6 heteroatoms. The van der Waals surface area contributed by atoms with E-state index in [9.17, 15) is 9.59 Å². The summed E-state index contributed by atoms with van der Waals surface area (Å²) in [6.07, 6.45) is 14.1. The van der Waals surface area contributed by atoms with Crippen molar-refractivity contribution in [1.29, 1.82) is 0 Å². The van der Waals surface area contributed by atoms with Crippen molar-refractivity contribution in [3.63, 3.8) is 0 Å². The molecule has 6 nitrogen and oxygen atoms in total. The zero-order chi connectivity index (χ0) is 23.9. The maximum Gasteiger partial charge on any atom is 0.249 e. The fraction of sp³-hybridized carbons (Fsp3) is 0.643. The number of ketones is 1. The van der Waals surface area contributed by atoms with E-state index in [1.807, 2.05) is 6.07 Å². The van der Waals surface area contributed by atoms with Gasteiger partial charge in [-0.15, -0.1) is 0 Å². The highest BCUT2D eigenvalue weighted by atomic mass is 16.6. The van der Waals surface area contributed by atoms with E-state index in [0.29, 0.717) is 29.9 Å². The molecule has 5 rings (SSSR count). The van der Waals surface area contributed by atoms with Crippen LogP contribution in [0, 0.1) is 34.5 Å². The summed E-state index contributed by atoms with van der Waals surface area (Å²) in [5.74, 6) is 3.28. The molecule has 0 aromatic carbocycles. The first kappa shape index (κ1) is 23.4. The topological polar surface area (TPSA) is 80.6 Å². The van der Waals surface area contributed by atoms with Gasteiger partial charge < -0.3 is 9.73 Å². The van der Waals surface area contributed by atoms with Gasteiger partial charge in [0.15, 0.2) is 6.61 Å². The van der Waals surface area contributed by atoms with Crippen molar-refractivity contribution < 1.29 is 18.8 Å². The van der Waals surface area contributed by atoms with Crippen LogP contribution in [0.5, 0.6) is 0 Å². The minimum Gasteiger partial charge on any atom is -0.467 e. The molecule has 4 aliphatic carbocycles. The molecule has 0 bridgehead atoms. The standard InChI is InChI=1S/C28H38N2O4/c1-18(31)23-8-9-24-22-7-6-19-15-20(10-12-27(19,2)25(22)11-13-28(23,24)3)30-34-17-26(32)29-16-21-5-4-14-33-21/h4-5,10,14-15,22-25,30H,6-9,11-13,16-17H2,1-3H3,(H,29,32)/t22-,23+,24+,25+,27-,28+/m0/s1. The molecule has 3 fully saturated rings. The number of carbonyl (C=O) groups is 2. The summed E-state index contributed by atoms with van der Waals surface area (Å²) >= 11 is 0. The number of hydroxylamine groups is 1. The van der Waals surface area contributed by atoms with Gasteiger partial charge in [-0.05, 0) is 98.7 Å². The Hall–Kier alpha value is -2.34. The summed E-state index contributed by atoms with van der Waals surface area (Å²) < 4.78 is 5.22.